The van der Waals surface area contributed by atoms with Gasteiger partial charge in [-0.15, -0.1) is 0 Å². The van der Waals surface area contributed by atoms with Crippen LogP contribution in [-0.2, 0) is 78.5 Å². The van der Waals surface area contributed by atoms with E-state index in [4.69, 9.17) is 14.5 Å². The molecule has 13 heterocycles. The number of amides is 6. The monoisotopic (exact) mass is 1870 g/mol. The minimum atomic E-state index is -4.53. The number of aromatic nitrogens is 7. The number of rotatable bonds is 24. The zero-order valence-electron chi connectivity index (χ0n) is 79.8. The molecule has 21 rings (SSSR count). The Morgan fingerprint density at radius 3 is 1.36 bits per heavy atom. The lowest BCUT2D eigenvalue weighted by atomic mass is 9.89. The molecule has 135 heavy (non-hydrogen) atoms. The van der Waals surface area contributed by atoms with E-state index in [9.17, 15) is 55.1 Å². The van der Waals surface area contributed by atoms with E-state index < -0.39 is 45.6 Å². The van der Waals surface area contributed by atoms with Crippen molar-refractivity contribution in [1.29, 1.82) is 0 Å². The summed E-state index contributed by atoms with van der Waals surface area (Å²) in [4.78, 5) is 95.6. The van der Waals surface area contributed by atoms with Gasteiger partial charge >= 0.3 is 12.4 Å². The Kier molecular flexibility index (Phi) is 28.2. The first kappa shape index (κ1) is 97.8. The number of nitrogens with one attached hydrogen (secondary N) is 12. The van der Waals surface area contributed by atoms with Gasteiger partial charge < -0.3 is 73.3 Å². The Hall–Kier alpha value is -10.3. The molecule has 33 heteroatoms. The molecule has 12 N–H and O–H groups in total. The van der Waals surface area contributed by atoms with Crippen molar-refractivity contribution in [3.8, 4) is 11.5 Å². The van der Waals surface area contributed by atoms with E-state index in [1.807, 2.05) is 114 Å². The molecule has 12 fully saturated rings. The molecule has 13 aliphatic rings. The molecule has 2 aromatic carbocycles. The van der Waals surface area contributed by atoms with Crippen molar-refractivity contribution in [2.24, 2.45) is 114 Å². The molecular formula is C102H133F6N19O8. The van der Waals surface area contributed by atoms with Gasteiger partial charge in [0.05, 0.1) is 50.1 Å². The highest BCUT2D eigenvalue weighted by molar-refractivity contribution is 5.87. The van der Waals surface area contributed by atoms with Crippen molar-refractivity contribution in [2.75, 3.05) is 85.1 Å². The summed E-state index contributed by atoms with van der Waals surface area (Å²) in [5.41, 5.74) is 3.72. The van der Waals surface area contributed by atoms with Gasteiger partial charge in [-0.05, 0) is 344 Å². The van der Waals surface area contributed by atoms with Gasteiger partial charge in [0.15, 0.2) is 0 Å². The maximum absolute atomic E-state index is 13.0. The van der Waals surface area contributed by atoms with Crippen LogP contribution < -0.4 is 73.3 Å². The molecule has 0 bridgehead atoms. The number of piperidine rings is 6. The van der Waals surface area contributed by atoms with Crippen LogP contribution in [0, 0.1) is 113 Å². The third-order valence-electron chi connectivity index (χ3n) is 30.2. The number of para-hydroxylation sites is 2. The van der Waals surface area contributed by atoms with Gasteiger partial charge in [-0.25, -0.2) is 0 Å². The van der Waals surface area contributed by atoms with Crippen LogP contribution in [0.15, 0.2) is 134 Å². The fourth-order valence-electron chi connectivity index (χ4n) is 21.9. The summed E-state index contributed by atoms with van der Waals surface area (Å²) in [7, 11) is 1.91. The number of benzene rings is 2. The lowest BCUT2D eigenvalue weighted by Crippen LogP contribution is -2.56. The summed E-state index contributed by atoms with van der Waals surface area (Å²) in [6, 6.07) is 31.8. The number of carbonyl (C=O) groups is 6. The number of aryl methyl sites for hydroxylation is 5. The molecule has 726 valence electrons. The summed E-state index contributed by atoms with van der Waals surface area (Å²) in [5.74, 6) is 8.38. The second-order valence-electron chi connectivity index (χ2n) is 43.0. The van der Waals surface area contributed by atoms with E-state index in [0.29, 0.717) is 77.4 Å². The minimum Gasteiger partial charge on any atom is -0.490 e. The first-order valence-corrected chi connectivity index (χ1v) is 48.1. The van der Waals surface area contributed by atoms with E-state index in [1.165, 1.54) is 35.7 Å². The van der Waals surface area contributed by atoms with Crippen molar-refractivity contribution in [1.82, 2.24) is 98.5 Å². The van der Waals surface area contributed by atoms with Crippen molar-refractivity contribution in [3.05, 3.63) is 179 Å². The number of pyridine rings is 5. The predicted octanol–water partition coefficient (Wildman–Crippen LogP) is 10.5. The van der Waals surface area contributed by atoms with Crippen LogP contribution in [0.25, 0.3) is 21.9 Å². The van der Waals surface area contributed by atoms with E-state index in [2.05, 4.69) is 154 Å². The van der Waals surface area contributed by atoms with Gasteiger partial charge in [-0.1, -0.05) is 48.5 Å². The maximum Gasteiger partial charge on any atom is 0.421 e. The third kappa shape index (κ3) is 22.8. The largest absolute Gasteiger partial charge is 0.490 e. The molecule has 8 aromatic rings. The second-order valence-corrected chi connectivity index (χ2v) is 43.0. The molecule has 6 aromatic heterocycles. The lowest BCUT2D eigenvalue weighted by molar-refractivity contribution is -0.140. The summed E-state index contributed by atoms with van der Waals surface area (Å²) in [6.07, 6.45) is 2.39. The molecule has 27 nitrogen and oxygen atoms in total. The molecule has 6 saturated heterocycles. The Labute approximate surface area is 786 Å². The third-order valence-corrected chi connectivity index (χ3v) is 30.2. The zero-order chi connectivity index (χ0) is 96.2. The smallest absolute Gasteiger partial charge is 0.421 e. The summed E-state index contributed by atoms with van der Waals surface area (Å²) in [6.45, 7) is 37.0. The number of hydrogen-bond donors (Lipinski definition) is 12. The average molecular weight is 1870 g/mol. The van der Waals surface area contributed by atoms with Gasteiger partial charge in [0.1, 0.15) is 41.0 Å². The van der Waals surface area contributed by atoms with Crippen LogP contribution in [0.4, 0.5) is 26.3 Å². The van der Waals surface area contributed by atoms with Gasteiger partial charge in [0, 0.05) is 95.7 Å². The highest BCUT2D eigenvalue weighted by Gasteiger charge is 2.62. The van der Waals surface area contributed by atoms with Gasteiger partial charge in [0.25, 0.3) is 0 Å². The molecular weight excluding hydrogens is 1730 g/mol. The molecule has 6 amide bonds. The van der Waals surface area contributed by atoms with Gasteiger partial charge in [-0.2, -0.15) is 31.4 Å². The molecule has 6 saturated carbocycles. The zero-order valence-corrected chi connectivity index (χ0v) is 79.8. The highest BCUT2D eigenvalue weighted by Crippen LogP contribution is 2.54. The van der Waals surface area contributed by atoms with Crippen molar-refractivity contribution in [3.63, 3.8) is 0 Å². The average Bonchev–Trinajstić information content (AvgIpc) is 1.59. The minimum absolute atomic E-state index is 0.0113. The van der Waals surface area contributed by atoms with Crippen LogP contribution >= 0.6 is 0 Å². The second kappa shape index (κ2) is 38.9. The van der Waals surface area contributed by atoms with Crippen LogP contribution in [0.5, 0.6) is 11.5 Å². The lowest BCUT2D eigenvalue weighted by Gasteiger charge is -2.38. The van der Waals surface area contributed by atoms with E-state index >= 15 is 0 Å². The van der Waals surface area contributed by atoms with Crippen LogP contribution in [0.1, 0.15) is 147 Å². The first-order valence-electron chi connectivity index (χ1n) is 48.1. The van der Waals surface area contributed by atoms with Gasteiger partial charge in [0.2, 0.25) is 35.4 Å². The Morgan fingerprint density at radius 1 is 0.444 bits per heavy atom. The normalized spacial score (nSPS) is 27.6. The summed E-state index contributed by atoms with van der Waals surface area (Å²) >= 11 is 0. The molecule has 0 spiro atoms. The first-order chi connectivity index (χ1) is 64.0. The van der Waals surface area contributed by atoms with Crippen molar-refractivity contribution in [2.45, 2.75) is 180 Å². The van der Waals surface area contributed by atoms with Crippen molar-refractivity contribution < 1.29 is 64.6 Å². The summed E-state index contributed by atoms with van der Waals surface area (Å²) in [5, 5.41) is 44.3. The highest BCUT2D eigenvalue weighted by atomic mass is 19.4. The molecule has 6 aliphatic carbocycles. The van der Waals surface area contributed by atoms with E-state index in [-0.39, 0.29) is 113 Å². The maximum atomic E-state index is 13.0. The Bertz CT molecular complexity index is 5480. The number of halogens is 6. The van der Waals surface area contributed by atoms with Crippen LogP contribution in [0.2, 0.25) is 0 Å². The topological polar surface area (TPSA) is 348 Å². The number of ether oxygens (including phenoxy) is 2. The molecule has 7 aliphatic heterocycles. The van der Waals surface area contributed by atoms with Crippen LogP contribution in [0.3, 0.4) is 0 Å². The number of carbonyl (C=O) groups excluding carboxylic acids is 6. The van der Waals surface area contributed by atoms with Gasteiger partial charge in [-0.3, -0.25) is 58.4 Å². The quantitative estimate of drug-likeness (QED) is 0.0250. The fraction of sp³-hybridized carbons (Fsp3) is 0.588. The van der Waals surface area contributed by atoms with Crippen LogP contribution in [-0.4, -0.2) is 184 Å². The molecule has 7 unspecified atom stereocenters. The summed E-state index contributed by atoms with van der Waals surface area (Å²) < 4.78 is 91.1. The van der Waals surface area contributed by atoms with Crippen molar-refractivity contribution >= 4 is 57.4 Å². The van der Waals surface area contributed by atoms with E-state index in [0.717, 1.165) is 161 Å². The number of nitrogens with zero attached hydrogens (tertiary/aromatic N) is 7. The predicted molar refractivity (Wildman–Crippen MR) is 500 cm³/mol. The Morgan fingerprint density at radius 2 is 0.867 bits per heavy atom. The SMILES string of the molecule is CC(C)(CCc1ncccc1C(F)(F)F)NC(=O)C1[C@H]2CNC[C@@H]12.CC(C)(COc1ccncc1C(F)(F)F)NC(=O)C1[C@H]2CNC[C@@H]12.CC(C)(NC(=O)C1[C@H]2CNC[C@@H]12)C1CCc2ccccc2O1.CC(C)(NC(=O)C1[C@H]2CNC[C@@H]12)c1ccc2ccccc2n1.Cc1cccnc1CCC(C)(C)NC(=O)C1[C@H]2CNC[C@@H]12.Cn1nc(C(C)(C)NC(=O)C2[C@H]3CNC[C@@H]23)c2ncccc21. The molecule has 0 radical (unpaired) electrons. The number of hydrogen-bond acceptors (Lipinski definition) is 20. The fourth-order valence-corrected chi connectivity index (χ4v) is 21.9. The standard InChI is InChI=1S/C18H21N3O.C18H24N2O2.C17H22F3N3O.C17H25N3O.C16H20F3N3O2.C16H21N5O/c1-18(2,21-17(22)16-12-9-19-10-13(12)16)15-8-7-11-5-3-4-6-14(11)20-15;1-18(2,20-17(21)16-12-9-19-10-13(12)16)15-8-7-11-5-3-4-6-14(11)22-15;1-16(2,23-15(24)14-10-8-21-9-11(10)14)6-5-13-12(17(18,19)20)4-3-7-22-13;1-11-5-4-8-19-14(11)6-7-17(2,3)20-16(21)15-12-9-18-10-13(12)15;1-15(2,22-14(23)13-9-5-21-6-10(9)13)8-24-12-3-4-20-7-11(12)16(17,18)19;1-16(2,19-15(22)12-9-7-17-8-10(9)12)14-13-11(21(3)20-14)5-4-6-18-13/h3-8,12-13,16,19H,9-10H2,1-2H3,(H,21,22);3-6,12-13,15-16,19H,7-10H2,1-2H3,(H,20,21);3-4,7,10-11,14,21H,5-6,8-9H2,1-2H3,(H,23,24);4-5,8,12-13,15,18H,6-7,9-10H2,1-3H3,(H,20,21);3-4,7,9-10,13,21H,5-6,8H2,1-2H3,(H,22,23);4-6,9-10,12,17H,7-8H2,1-3H3,(H,19,22)/t12-,13+,16?;12-,13+,15?,16?;10-,11+,14?;12-,13+,15?;9-,10+,13?;9-,10+,12?. The van der Waals surface area contributed by atoms with E-state index in [1.54, 1.807) is 20.0 Å². The Balaban J connectivity index is 0.000000118. The molecule has 19 atom stereocenters. The number of alkyl halides is 6. The number of fused-ring (bicyclic) bond motifs is 9.